The summed E-state index contributed by atoms with van der Waals surface area (Å²) in [5.74, 6) is 0.355. The van der Waals surface area contributed by atoms with E-state index in [1.165, 1.54) is 0 Å². The Labute approximate surface area is 206 Å². The summed E-state index contributed by atoms with van der Waals surface area (Å²) in [6.45, 7) is 6.45. The minimum Gasteiger partial charge on any atom is -0.507 e. The van der Waals surface area contributed by atoms with Crippen molar-refractivity contribution in [3.63, 3.8) is 0 Å². The molecule has 0 saturated heterocycles. The number of nitrogens with zero attached hydrogens (tertiary/aromatic N) is 2. The van der Waals surface area contributed by atoms with Gasteiger partial charge in [0.2, 0.25) is 0 Å². The molecule has 1 amide bonds. The molecule has 2 aromatic carbocycles. The van der Waals surface area contributed by atoms with Gasteiger partial charge >= 0.3 is 6.09 Å². The predicted molar refractivity (Wildman–Crippen MR) is 128 cm³/mol. The average molecular weight is 503 g/mol. The van der Waals surface area contributed by atoms with Gasteiger partial charge in [-0.15, -0.1) is 0 Å². The van der Waals surface area contributed by atoms with Gasteiger partial charge in [0.05, 0.1) is 12.6 Å². The van der Waals surface area contributed by atoms with Crippen molar-refractivity contribution >= 4 is 18.5 Å². The summed E-state index contributed by atoms with van der Waals surface area (Å²) >= 11 is 0. The summed E-state index contributed by atoms with van der Waals surface area (Å²) in [7, 11) is 0. The molecule has 0 spiro atoms. The van der Waals surface area contributed by atoms with E-state index in [1.54, 1.807) is 48.8 Å². The number of rotatable bonds is 10. The molecule has 3 N–H and O–H groups in total. The maximum Gasteiger partial charge on any atom is 0.407 e. The molecule has 7 nitrogen and oxygen atoms in total. The maximum absolute atomic E-state index is 11.7. The van der Waals surface area contributed by atoms with Crippen LogP contribution in [0.15, 0.2) is 58.5 Å². The monoisotopic (exact) mass is 502 g/mol. The molecular formula is C25H33CuN3O4. The average Bonchev–Trinajstić information content (AvgIpc) is 2.72. The summed E-state index contributed by atoms with van der Waals surface area (Å²) in [5.41, 5.74) is 0.782. The van der Waals surface area contributed by atoms with E-state index in [9.17, 15) is 15.0 Å². The second-order valence-corrected chi connectivity index (χ2v) is 8.47. The third-order valence-corrected chi connectivity index (χ3v) is 4.48. The van der Waals surface area contributed by atoms with Crippen LogP contribution in [-0.2, 0) is 21.8 Å². The summed E-state index contributed by atoms with van der Waals surface area (Å²) < 4.78 is 5.23. The van der Waals surface area contributed by atoms with Gasteiger partial charge in [0.1, 0.15) is 17.1 Å². The Bertz CT molecular complexity index is 926. The summed E-state index contributed by atoms with van der Waals surface area (Å²) in [6.07, 6.45) is 5.27. The van der Waals surface area contributed by atoms with Crippen molar-refractivity contribution in [3.8, 4) is 11.5 Å². The smallest absolute Gasteiger partial charge is 0.407 e. The van der Waals surface area contributed by atoms with Gasteiger partial charge in [0.25, 0.3) is 0 Å². The number of carbonyl (C=O) groups excluding carboxylic acids is 1. The summed E-state index contributed by atoms with van der Waals surface area (Å²) in [4.78, 5) is 20.8. The number of phenolic OH excluding ortho intramolecular Hbond substituents is 2. The zero-order chi connectivity index (χ0) is 23.4. The molecule has 0 aliphatic carbocycles. The van der Waals surface area contributed by atoms with Crippen LogP contribution in [0.5, 0.6) is 11.5 Å². The van der Waals surface area contributed by atoms with Crippen LogP contribution in [0, 0.1) is 0 Å². The second kappa shape index (κ2) is 14.3. The first-order valence-corrected chi connectivity index (χ1v) is 10.8. The number of benzene rings is 2. The van der Waals surface area contributed by atoms with Crippen LogP contribution >= 0.6 is 0 Å². The minimum atomic E-state index is -0.516. The van der Waals surface area contributed by atoms with Crippen LogP contribution in [0.3, 0.4) is 0 Å². The predicted octanol–water partition coefficient (Wildman–Crippen LogP) is 4.70. The molecule has 0 aliphatic rings. The largest absolute Gasteiger partial charge is 0.507 e. The van der Waals surface area contributed by atoms with Crippen LogP contribution in [0.4, 0.5) is 4.79 Å². The topological polar surface area (TPSA) is 104 Å². The molecule has 0 aliphatic heterocycles. The first-order valence-electron chi connectivity index (χ1n) is 10.8. The van der Waals surface area contributed by atoms with E-state index in [-0.39, 0.29) is 34.6 Å². The van der Waals surface area contributed by atoms with Crippen LogP contribution in [0.2, 0.25) is 0 Å². The number of aliphatic imine (C=N–C) groups is 2. The fourth-order valence-corrected chi connectivity index (χ4v) is 2.87. The van der Waals surface area contributed by atoms with Crippen LogP contribution in [-0.4, -0.2) is 53.5 Å². The normalized spacial score (nSPS) is 12.5. The van der Waals surface area contributed by atoms with Crippen molar-refractivity contribution in [2.45, 2.75) is 51.7 Å². The number of alkyl carbamates (subject to hydrolysis) is 1. The van der Waals surface area contributed by atoms with E-state index in [4.69, 9.17) is 4.74 Å². The molecule has 0 unspecified atom stereocenters. The Morgan fingerprint density at radius 3 is 2.15 bits per heavy atom. The van der Waals surface area contributed by atoms with Crippen LogP contribution < -0.4 is 5.32 Å². The zero-order valence-electron chi connectivity index (χ0n) is 19.3. The minimum absolute atomic E-state index is 0. The van der Waals surface area contributed by atoms with Gasteiger partial charge in [-0.1, -0.05) is 24.3 Å². The number of hydrogen-bond donors (Lipinski definition) is 3. The first kappa shape index (κ1) is 28.2. The van der Waals surface area contributed by atoms with Crippen LogP contribution in [0.25, 0.3) is 0 Å². The third-order valence-electron chi connectivity index (χ3n) is 4.48. The van der Waals surface area contributed by atoms with E-state index in [0.29, 0.717) is 24.2 Å². The molecule has 183 valence electrons. The van der Waals surface area contributed by atoms with E-state index in [1.807, 2.05) is 32.9 Å². The Kier molecular flexibility index (Phi) is 12.3. The van der Waals surface area contributed by atoms with E-state index in [0.717, 1.165) is 19.3 Å². The summed E-state index contributed by atoms with van der Waals surface area (Å²) in [6, 6.07) is 13.9. The Morgan fingerprint density at radius 2 is 1.58 bits per heavy atom. The quantitative estimate of drug-likeness (QED) is 0.249. The van der Waals surface area contributed by atoms with Crippen molar-refractivity contribution in [3.05, 3.63) is 59.7 Å². The van der Waals surface area contributed by atoms with E-state index in [2.05, 4.69) is 15.3 Å². The molecule has 1 radical (unpaired) electrons. The van der Waals surface area contributed by atoms with Crippen molar-refractivity contribution < 1.29 is 36.8 Å². The number of nitrogens with one attached hydrogen (secondary N) is 1. The SMILES string of the molecule is CC(C)(C)OC(=O)NCCCC[C@@H](CN=Cc1ccccc1O)N=Cc1ccccc1O.[Cu]. The second-order valence-electron chi connectivity index (χ2n) is 8.47. The first-order chi connectivity index (χ1) is 15.2. The molecule has 8 heteroatoms. The maximum atomic E-state index is 11.7. The van der Waals surface area contributed by atoms with Crippen LogP contribution in [0.1, 0.15) is 51.2 Å². The van der Waals surface area contributed by atoms with Crippen molar-refractivity contribution in [2.24, 2.45) is 9.98 Å². The van der Waals surface area contributed by atoms with Crippen molar-refractivity contribution in [2.75, 3.05) is 13.1 Å². The molecule has 0 fully saturated rings. The molecule has 0 bridgehead atoms. The number of carbonyl (C=O) groups is 1. The summed E-state index contributed by atoms with van der Waals surface area (Å²) in [5, 5.41) is 22.6. The Morgan fingerprint density at radius 1 is 1.00 bits per heavy atom. The standard InChI is InChI=1S/C25H33N3O4.Cu/c1-25(2,3)32-24(31)27-15-9-8-12-21(28-17-20-11-5-7-14-23(20)30)18-26-16-19-10-4-6-13-22(19)29;/h4-7,10-11,13-14,16-17,21,29-30H,8-9,12,15,18H2,1-3H3,(H,27,31);/t21-;/m0./s1. The number of phenols is 2. The molecule has 2 rings (SSSR count). The molecule has 0 heterocycles. The van der Waals surface area contributed by atoms with Gasteiger partial charge in [-0.05, 0) is 64.3 Å². The van der Waals surface area contributed by atoms with Crippen molar-refractivity contribution in [1.29, 1.82) is 0 Å². The number of aromatic hydroxyl groups is 2. The molecule has 33 heavy (non-hydrogen) atoms. The fourth-order valence-electron chi connectivity index (χ4n) is 2.87. The number of unbranched alkanes of at least 4 members (excludes halogenated alkanes) is 1. The number of amides is 1. The molecule has 0 saturated carbocycles. The zero-order valence-corrected chi connectivity index (χ0v) is 20.2. The van der Waals surface area contributed by atoms with Gasteiger partial charge < -0.3 is 20.3 Å². The molecular weight excluding hydrogens is 470 g/mol. The van der Waals surface area contributed by atoms with Gasteiger partial charge in [-0.25, -0.2) is 4.79 Å². The van der Waals surface area contributed by atoms with Gasteiger partial charge in [-0.2, -0.15) is 0 Å². The number of para-hydroxylation sites is 2. The molecule has 2 aromatic rings. The van der Waals surface area contributed by atoms with Gasteiger partial charge in [-0.3, -0.25) is 9.98 Å². The van der Waals surface area contributed by atoms with Gasteiger partial charge in [0, 0.05) is 47.2 Å². The Balaban J connectivity index is 0.00000544. The third kappa shape index (κ3) is 11.6. The number of ether oxygens (including phenoxy) is 1. The van der Waals surface area contributed by atoms with E-state index < -0.39 is 11.7 Å². The van der Waals surface area contributed by atoms with Gasteiger partial charge in [0.15, 0.2) is 0 Å². The fraction of sp³-hybridized carbons (Fsp3) is 0.400. The van der Waals surface area contributed by atoms with Crippen molar-refractivity contribution in [1.82, 2.24) is 5.32 Å². The molecule has 1 atom stereocenters. The number of hydrogen-bond acceptors (Lipinski definition) is 6. The Hall–Kier alpha value is -2.83. The van der Waals surface area contributed by atoms with E-state index >= 15 is 0 Å². The molecule has 0 aromatic heterocycles.